The fraction of sp³-hybridized carbons (Fsp3) is 0.615. The zero-order chi connectivity index (χ0) is 13.7. The molecule has 6 heteroatoms. The molecule has 5 nitrogen and oxygen atoms in total. The molecular formula is C13H21N5S. The summed E-state index contributed by atoms with van der Waals surface area (Å²) in [5.41, 5.74) is 6.43. The molecule has 1 aromatic heterocycles. The highest BCUT2D eigenvalue weighted by molar-refractivity contribution is 7.80. The molecule has 0 unspecified atom stereocenters. The average molecular weight is 279 g/mol. The number of nitrogens with zero attached hydrogens (tertiary/aromatic N) is 3. The number of thiocarbonyl (C=S) groups is 1. The molecule has 1 saturated heterocycles. The first-order valence-corrected chi connectivity index (χ1v) is 7.11. The quantitative estimate of drug-likeness (QED) is 0.791. The third kappa shape index (κ3) is 4.11. The monoisotopic (exact) mass is 279 g/mol. The molecule has 1 fully saturated rings. The van der Waals surface area contributed by atoms with Gasteiger partial charge in [0, 0.05) is 6.54 Å². The number of nitrogens with one attached hydrogen (secondary N) is 1. The second-order valence-electron chi connectivity index (χ2n) is 5.12. The lowest BCUT2D eigenvalue weighted by atomic mass is 9.94. The van der Waals surface area contributed by atoms with Crippen LogP contribution >= 0.6 is 12.2 Å². The first-order valence-electron chi connectivity index (χ1n) is 6.70. The van der Waals surface area contributed by atoms with Gasteiger partial charge in [0.15, 0.2) is 5.82 Å². The van der Waals surface area contributed by atoms with Crippen LogP contribution < -0.4 is 11.1 Å². The highest BCUT2D eigenvalue weighted by atomic mass is 32.1. The Bertz CT molecular complexity index is 429. The Balaban J connectivity index is 1.81. The molecule has 0 radical (unpaired) electrons. The smallest absolute Gasteiger partial charge is 0.158 e. The van der Waals surface area contributed by atoms with Crippen LogP contribution in [0.3, 0.4) is 0 Å². The van der Waals surface area contributed by atoms with Crippen LogP contribution in [0.5, 0.6) is 0 Å². The maximum absolute atomic E-state index is 5.66. The van der Waals surface area contributed by atoms with Crippen molar-refractivity contribution in [1.29, 1.82) is 0 Å². The van der Waals surface area contributed by atoms with Crippen LogP contribution in [0, 0.1) is 5.92 Å². The van der Waals surface area contributed by atoms with Crippen molar-refractivity contribution >= 4 is 23.0 Å². The predicted octanol–water partition coefficient (Wildman–Crippen LogP) is 1.25. The van der Waals surface area contributed by atoms with Crippen molar-refractivity contribution in [2.24, 2.45) is 11.7 Å². The van der Waals surface area contributed by atoms with Crippen molar-refractivity contribution < 1.29 is 0 Å². The number of rotatable bonds is 5. The molecule has 3 N–H and O–H groups in total. The largest absolute Gasteiger partial charge is 0.389 e. The summed E-state index contributed by atoms with van der Waals surface area (Å²) in [7, 11) is 2.18. The first kappa shape index (κ1) is 14.1. The first-order chi connectivity index (χ1) is 9.16. The molecule has 0 aliphatic carbocycles. The predicted molar refractivity (Wildman–Crippen MR) is 81.2 cm³/mol. The van der Waals surface area contributed by atoms with Gasteiger partial charge < -0.3 is 16.0 Å². The molecule has 2 rings (SSSR count). The molecule has 0 spiro atoms. The number of aromatic nitrogens is 2. The zero-order valence-electron chi connectivity index (χ0n) is 11.3. The third-order valence-electron chi connectivity index (χ3n) is 3.67. The van der Waals surface area contributed by atoms with E-state index in [2.05, 4.69) is 27.5 Å². The molecule has 0 aromatic carbocycles. The van der Waals surface area contributed by atoms with Gasteiger partial charge in [0.25, 0.3) is 0 Å². The molecule has 1 aliphatic heterocycles. The molecule has 2 heterocycles. The van der Waals surface area contributed by atoms with E-state index < -0.39 is 0 Å². The standard InChI is InChI=1S/C13H21N5S/c1-18-8-4-10(5-9-18)2-6-15-13-11(12(14)19)3-7-16-17-13/h3,7,10H,2,4-6,8-9H2,1H3,(H2,14,19)(H,15,17). The normalized spacial score (nSPS) is 17.3. The molecular weight excluding hydrogens is 258 g/mol. The molecule has 1 aliphatic rings. The van der Waals surface area contributed by atoms with Gasteiger partial charge in [0.2, 0.25) is 0 Å². The lowest BCUT2D eigenvalue weighted by Crippen LogP contribution is -2.31. The summed E-state index contributed by atoms with van der Waals surface area (Å²) in [5.74, 6) is 1.50. The van der Waals surface area contributed by atoms with E-state index in [9.17, 15) is 0 Å². The minimum absolute atomic E-state index is 0.358. The Labute approximate surface area is 119 Å². The fourth-order valence-corrected chi connectivity index (χ4v) is 2.57. The highest BCUT2D eigenvalue weighted by Gasteiger charge is 2.16. The highest BCUT2D eigenvalue weighted by Crippen LogP contribution is 2.19. The van der Waals surface area contributed by atoms with Gasteiger partial charge >= 0.3 is 0 Å². The van der Waals surface area contributed by atoms with Crippen LogP contribution in [0.25, 0.3) is 0 Å². The second-order valence-corrected chi connectivity index (χ2v) is 5.56. The lowest BCUT2D eigenvalue weighted by Gasteiger charge is -2.28. The summed E-state index contributed by atoms with van der Waals surface area (Å²) in [4.78, 5) is 2.74. The number of hydrogen-bond donors (Lipinski definition) is 2. The van der Waals surface area contributed by atoms with E-state index in [-0.39, 0.29) is 0 Å². The number of likely N-dealkylation sites (tertiary alicyclic amines) is 1. The van der Waals surface area contributed by atoms with Crippen molar-refractivity contribution in [2.45, 2.75) is 19.3 Å². The van der Waals surface area contributed by atoms with E-state index >= 15 is 0 Å². The maximum atomic E-state index is 5.66. The fourth-order valence-electron chi connectivity index (χ4n) is 2.41. The maximum Gasteiger partial charge on any atom is 0.158 e. The second kappa shape index (κ2) is 6.77. The Morgan fingerprint density at radius 1 is 1.53 bits per heavy atom. The molecule has 0 saturated carbocycles. The molecule has 1 aromatic rings. The lowest BCUT2D eigenvalue weighted by molar-refractivity contribution is 0.215. The van der Waals surface area contributed by atoms with E-state index in [1.165, 1.54) is 25.9 Å². The molecule has 0 bridgehead atoms. The summed E-state index contributed by atoms with van der Waals surface area (Å²) in [5, 5.41) is 11.2. The van der Waals surface area contributed by atoms with Gasteiger partial charge in [-0.2, -0.15) is 5.10 Å². The van der Waals surface area contributed by atoms with Crippen LogP contribution in [0.15, 0.2) is 12.3 Å². The minimum Gasteiger partial charge on any atom is -0.389 e. The number of hydrogen-bond acceptors (Lipinski definition) is 5. The van der Waals surface area contributed by atoms with E-state index in [0.29, 0.717) is 10.8 Å². The van der Waals surface area contributed by atoms with Crippen molar-refractivity contribution in [3.05, 3.63) is 17.8 Å². The summed E-state index contributed by atoms with van der Waals surface area (Å²) < 4.78 is 0. The average Bonchev–Trinajstić information content (AvgIpc) is 2.41. The molecule has 104 valence electrons. The van der Waals surface area contributed by atoms with Crippen molar-refractivity contribution in [1.82, 2.24) is 15.1 Å². The van der Waals surface area contributed by atoms with E-state index in [1.54, 1.807) is 12.3 Å². The van der Waals surface area contributed by atoms with Crippen LogP contribution in [0.1, 0.15) is 24.8 Å². The molecule has 0 amide bonds. The van der Waals surface area contributed by atoms with Crippen LogP contribution in [-0.4, -0.2) is 46.8 Å². The van der Waals surface area contributed by atoms with Crippen molar-refractivity contribution in [3.63, 3.8) is 0 Å². The van der Waals surface area contributed by atoms with Gasteiger partial charge in [0.1, 0.15) is 4.99 Å². The topological polar surface area (TPSA) is 67.1 Å². The zero-order valence-corrected chi connectivity index (χ0v) is 12.1. The number of nitrogens with two attached hydrogens (primary N) is 1. The molecule has 19 heavy (non-hydrogen) atoms. The van der Waals surface area contributed by atoms with Gasteiger partial charge in [-0.15, -0.1) is 5.10 Å². The Morgan fingerprint density at radius 2 is 2.26 bits per heavy atom. The minimum atomic E-state index is 0.358. The number of piperidine rings is 1. The van der Waals surface area contributed by atoms with E-state index in [1.807, 2.05) is 0 Å². The summed E-state index contributed by atoms with van der Waals surface area (Å²) in [6, 6.07) is 1.80. The van der Waals surface area contributed by atoms with Crippen LogP contribution in [0.4, 0.5) is 5.82 Å². The summed E-state index contributed by atoms with van der Waals surface area (Å²) in [6.45, 7) is 3.30. The van der Waals surface area contributed by atoms with Gasteiger partial charge in [-0.25, -0.2) is 0 Å². The van der Waals surface area contributed by atoms with E-state index in [0.717, 1.165) is 24.4 Å². The van der Waals surface area contributed by atoms with Gasteiger partial charge in [-0.05, 0) is 51.4 Å². The van der Waals surface area contributed by atoms with E-state index in [4.69, 9.17) is 18.0 Å². The van der Waals surface area contributed by atoms with Gasteiger partial charge in [-0.1, -0.05) is 12.2 Å². The Morgan fingerprint density at radius 3 is 2.95 bits per heavy atom. The number of anilines is 1. The van der Waals surface area contributed by atoms with Gasteiger partial charge in [-0.3, -0.25) is 0 Å². The van der Waals surface area contributed by atoms with Crippen LogP contribution in [0.2, 0.25) is 0 Å². The third-order valence-corrected chi connectivity index (χ3v) is 3.89. The van der Waals surface area contributed by atoms with Gasteiger partial charge in [0.05, 0.1) is 11.8 Å². The summed E-state index contributed by atoms with van der Waals surface area (Å²) in [6.07, 6.45) is 5.32. The van der Waals surface area contributed by atoms with Crippen LogP contribution in [-0.2, 0) is 0 Å². The SMILES string of the molecule is CN1CCC(CCNc2nnccc2C(N)=S)CC1. The Kier molecular flexibility index (Phi) is 5.04. The van der Waals surface area contributed by atoms with Crippen molar-refractivity contribution in [2.75, 3.05) is 32.0 Å². The summed E-state index contributed by atoms with van der Waals surface area (Å²) >= 11 is 5.00. The van der Waals surface area contributed by atoms with Crippen molar-refractivity contribution in [3.8, 4) is 0 Å². The molecule has 0 atom stereocenters. The Hall–Kier alpha value is -1.27.